The highest BCUT2D eigenvalue weighted by Gasteiger charge is 2.19. The predicted molar refractivity (Wildman–Crippen MR) is 177 cm³/mol. The number of fused-ring (bicyclic) bond motifs is 1. The van der Waals surface area contributed by atoms with E-state index in [1.165, 1.54) is 29.7 Å². The number of aromatic nitrogens is 2. The van der Waals surface area contributed by atoms with Crippen LogP contribution in [0.2, 0.25) is 0 Å². The van der Waals surface area contributed by atoms with Crippen LogP contribution in [0.4, 0.5) is 22.9 Å². The molecule has 0 bridgehead atoms. The van der Waals surface area contributed by atoms with E-state index in [9.17, 15) is 9.59 Å². The minimum atomic E-state index is -0.134. The summed E-state index contributed by atoms with van der Waals surface area (Å²) in [5.41, 5.74) is 6.30. The van der Waals surface area contributed by atoms with Gasteiger partial charge >= 0.3 is 0 Å². The van der Waals surface area contributed by atoms with Crippen molar-refractivity contribution < 1.29 is 4.79 Å². The van der Waals surface area contributed by atoms with E-state index in [1.54, 1.807) is 23.0 Å². The number of hydrogen-bond donors (Lipinski definition) is 2. The molecule has 0 unspecified atom stereocenters. The van der Waals surface area contributed by atoms with E-state index in [1.807, 2.05) is 49.6 Å². The minimum absolute atomic E-state index is 0.0668. The monoisotopic (exact) mass is 596 g/mol. The summed E-state index contributed by atoms with van der Waals surface area (Å²) in [5, 5.41) is 6.40. The van der Waals surface area contributed by atoms with Crippen molar-refractivity contribution >= 4 is 40.1 Å². The molecule has 3 aromatic heterocycles. The van der Waals surface area contributed by atoms with Crippen molar-refractivity contribution in [2.24, 2.45) is 7.05 Å². The molecule has 0 saturated carbocycles. The fourth-order valence-corrected chi connectivity index (χ4v) is 7.25. The number of thiophene rings is 1. The lowest BCUT2D eigenvalue weighted by Gasteiger charge is -2.35. The molecule has 6 rings (SSSR count). The predicted octanol–water partition coefficient (Wildman–Crippen LogP) is 6.22. The van der Waals surface area contributed by atoms with Gasteiger partial charge < -0.3 is 25.0 Å². The molecule has 0 atom stereocenters. The van der Waals surface area contributed by atoms with Crippen molar-refractivity contribution in [1.82, 2.24) is 14.5 Å². The standard InChI is InChI=1S/C34H40N6O2S/c1-4-39-15-17-40(18-16-39)26-13-14-32(35-21-26)36-29-19-25(22-38(3)34(29)42)27-10-8-11-28(23(27)2)37-33(41)31-20-24-9-6-5-7-12-30(24)43-31/h8,10-11,13-14,19-22H,4-7,9,12,15-18H2,1-3H3,(H,35,36)(H,37,41). The maximum absolute atomic E-state index is 13.3. The van der Waals surface area contributed by atoms with Crippen molar-refractivity contribution in [2.75, 3.05) is 48.3 Å². The molecule has 0 radical (unpaired) electrons. The number of nitrogens with zero attached hydrogens (tertiary/aromatic N) is 4. The lowest BCUT2D eigenvalue weighted by atomic mass is 10.00. The number of piperazine rings is 1. The molecule has 4 heterocycles. The molecule has 8 nitrogen and oxygen atoms in total. The van der Waals surface area contributed by atoms with Crippen molar-refractivity contribution in [1.29, 1.82) is 0 Å². The first-order valence-electron chi connectivity index (χ1n) is 15.3. The van der Waals surface area contributed by atoms with E-state index < -0.39 is 0 Å². The van der Waals surface area contributed by atoms with Crippen LogP contribution in [0.5, 0.6) is 0 Å². The molecule has 1 aliphatic heterocycles. The van der Waals surface area contributed by atoms with Crippen molar-refractivity contribution in [3.05, 3.63) is 86.1 Å². The molecule has 1 aliphatic carbocycles. The lowest BCUT2D eigenvalue weighted by Crippen LogP contribution is -2.46. The van der Waals surface area contributed by atoms with Gasteiger partial charge in [-0.25, -0.2) is 4.98 Å². The number of nitrogens with one attached hydrogen (secondary N) is 2. The fraction of sp³-hybridized carbons (Fsp3) is 0.382. The van der Waals surface area contributed by atoms with Crippen LogP contribution < -0.4 is 21.1 Å². The van der Waals surface area contributed by atoms with E-state index in [2.05, 4.69) is 44.5 Å². The zero-order valence-corrected chi connectivity index (χ0v) is 26.1. The maximum atomic E-state index is 13.3. The summed E-state index contributed by atoms with van der Waals surface area (Å²) in [7, 11) is 1.76. The molecule has 1 amide bonds. The van der Waals surface area contributed by atoms with Crippen molar-refractivity contribution in [2.45, 2.75) is 46.0 Å². The summed E-state index contributed by atoms with van der Waals surface area (Å²) in [6.45, 7) is 9.37. The first-order valence-corrected chi connectivity index (χ1v) is 16.1. The third-order valence-corrected chi connectivity index (χ3v) is 9.98. The molecule has 224 valence electrons. The van der Waals surface area contributed by atoms with Crippen molar-refractivity contribution in [3.63, 3.8) is 0 Å². The van der Waals surface area contributed by atoms with E-state index in [-0.39, 0.29) is 11.5 Å². The number of amides is 1. The number of anilines is 4. The normalized spacial score (nSPS) is 15.6. The van der Waals surface area contributed by atoms with Crippen LogP contribution in [0.1, 0.15) is 51.9 Å². The molecular weight excluding hydrogens is 556 g/mol. The van der Waals surface area contributed by atoms with E-state index in [4.69, 9.17) is 0 Å². The number of hydrogen-bond acceptors (Lipinski definition) is 7. The van der Waals surface area contributed by atoms with Gasteiger partial charge in [0.05, 0.1) is 16.8 Å². The molecule has 4 aromatic rings. The Balaban J connectivity index is 1.20. The van der Waals surface area contributed by atoms with Gasteiger partial charge in [-0.15, -0.1) is 11.3 Å². The van der Waals surface area contributed by atoms with Crippen LogP contribution in [0, 0.1) is 6.92 Å². The van der Waals surface area contributed by atoms with Crippen LogP contribution in [-0.2, 0) is 19.9 Å². The SMILES string of the molecule is CCN1CCN(c2ccc(Nc3cc(-c4cccc(NC(=O)c5cc6c(s5)CCCCC6)c4C)cn(C)c3=O)nc2)CC1. The van der Waals surface area contributed by atoms with Gasteiger partial charge in [0.15, 0.2) is 0 Å². The first-order chi connectivity index (χ1) is 20.9. The van der Waals surface area contributed by atoms with Crippen LogP contribution >= 0.6 is 11.3 Å². The van der Waals surface area contributed by atoms with Gasteiger partial charge in [-0.3, -0.25) is 9.59 Å². The molecule has 1 fully saturated rings. The van der Waals surface area contributed by atoms with Gasteiger partial charge in [0.1, 0.15) is 11.5 Å². The third-order valence-electron chi connectivity index (χ3n) is 8.74. The Bertz CT molecular complexity index is 1640. The average Bonchev–Trinajstić information content (AvgIpc) is 3.31. The van der Waals surface area contributed by atoms with Gasteiger partial charge in [0.25, 0.3) is 11.5 Å². The molecule has 2 N–H and O–H groups in total. The molecular formula is C34H40N6O2S. The summed E-state index contributed by atoms with van der Waals surface area (Å²) < 4.78 is 1.59. The van der Waals surface area contributed by atoms with Gasteiger partial charge in [0, 0.05) is 55.6 Å². The molecule has 43 heavy (non-hydrogen) atoms. The van der Waals surface area contributed by atoms with Gasteiger partial charge in [-0.05, 0) is 86.2 Å². The van der Waals surface area contributed by atoms with E-state index >= 15 is 0 Å². The van der Waals surface area contributed by atoms with E-state index in [0.717, 1.165) is 78.5 Å². The van der Waals surface area contributed by atoms with Crippen molar-refractivity contribution in [3.8, 4) is 11.1 Å². The molecule has 1 saturated heterocycles. The molecule has 0 spiro atoms. The topological polar surface area (TPSA) is 82.5 Å². The first kappa shape index (κ1) is 29.1. The highest BCUT2D eigenvalue weighted by molar-refractivity contribution is 7.14. The zero-order chi connectivity index (χ0) is 29.9. The third kappa shape index (κ3) is 6.38. The highest BCUT2D eigenvalue weighted by atomic mass is 32.1. The quantitative estimate of drug-likeness (QED) is 0.247. The number of likely N-dealkylation sites (N-methyl/N-ethyl adjacent to an activating group) is 1. The van der Waals surface area contributed by atoms with Crippen LogP contribution in [0.15, 0.2) is 59.7 Å². The second-order valence-electron chi connectivity index (χ2n) is 11.6. The summed E-state index contributed by atoms with van der Waals surface area (Å²) in [5.74, 6) is 0.556. The Hall–Kier alpha value is -3.95. The summed E-state index contributed by atoms with van der Waals surface area (Å²) in [4.78, 5) is 37.9. The van der Waals surface area contributed by atoms with E-state index in [0.29, 0.717) is 11.5 Å². The minimum Gasteiger partial charge on any atom is -0.368 e. The Morgan fingerprint density at radius 2 is 1.81 bits per heavy atom. The number of rotatable bonds is 7. The van der Waals surface area contributed by atoms with Gasteiger partial charge in [-0.1, -0.05) is 25.5 Å². The summed E-state index contributed by atoms with van der Waals surface area (Å²) >= 11 is 1.63. The van der Waals surface area contributed by atoms with Crippen LogP contribution in [0.25, 0.3) is 11.1 Å². The fourth-order valence-electron chi connectivity index (χ4n) is 6.10. The lowest BCUT2D eigenvalue weighted by molar-refractivity contribution is 0.103. The highest BCUT2D eigenvalue weighted by Crippen LogP contribution is 2.32. The Labute approximate surface area is 257 Å². The summed E-state index contributed by atoms with van der Waals surface area (Å²) in [6.07, 6.45) is 9.50. The maximum Gasteiger partial charge on any atom is 0.274 e. The Morgan fingerprint density at radius 3 is 2.58 bits per heavy atom. The second kappa shape index (κ2) is 12.7. The number of carbonyl (C=O) groups excluding carboxylic acids is 1. The second-order valence-corrected chi connectivity index (χ2v) is 12.7. The summed E-state index contributed by atoms with van der Waals surface area (Å²) in [6, 6.07) is 13.8. The Kier molecular flexibility index (Phi) is 8.63. The number of carbonyl (C=O) groups is 1. The van der Waals surface area contributed by atoms with Gasteiger partial charge in [0.2, 0.25) is 0 Å². The molecule has 9 heteroatoms. The zero-order valence-electron chi connectivity index (χ0n) is 25.3. The molecule has 2 aliphatic rings. The number of pyridine rings is 2. The average molecular weight is 597 g/mol. The molecule has 1 aromatic carbocycles. The van der Waals surface area contributed by atoms with Gasteiger partial charge in [-0.2, -0.15) is 0 Å². The van der Waals surface area contributed by atoms with Crippen LogP contribution in [-0.4, -0.2) is 53.1 Å². The van der Waals surface area contributed by atoms with Crippen LogP contribution in [0.3, 0.4) is 0 Å². The largest absolute Gasteiger partial charge is 0.368 e. The smallest absolute Gasteiger partial charge is 0.274 e. The number of benzene rings is 1. The number of aryl methyl sites for hydroxylation is 3. The Morgan fingerprint density at radius 1 is 1.00 bits per heavy atom.